The number of rotatable bonds is 7. The van der Waals surface area contributed by atoms with E-state index in [2.05, 4.69) is 0 Å². The molecule has 3 rings (SSSR count). The maximum atomic E-state index is 13.0. The van der Waals surface area contributed by atoms with Gasteiger partial charge in [-0.05, 0) is 36.4 Å². The Bertz CT molecular complexity index is 1240. The van der Waals surface area contributed by atoms with Gasteiger partial charge in [-0.3, -0.25) is 0 Å². The number of sulfonamides is 1. The van der Waals surface area contributed by atoms with Crippen LogP contribution in [0.2, 0.25) is 0 Å². The molecule has 2 aromatic carbocycles. The van der Waals surface area contributed by atoms with Crippen molar-refractivity contribution in [1.82, 2.24) is 4.31 Å². The van der Waals surface area contributed by atoms with Crippen LogP contribution in [0.15, 0.2) is 47.4 Å². The van der Waals surface area contributed by atoms with Gasteiger partial charge in [0, 0.05) is 12.6 Å². The fraction of sp³-hybridized carbons (Fsp3) is 0.333. The van der Waals surface area contributed by atoms with Crippen LogP contribution in [0.1, 0.15) is 11.1 Å². The molecule has 1 fully saturated rings. The Morgan fingerprint density at radius 2 is 1.71 bits per heavy atom. The molecule has 1 heterocycles. The molecule has 0 spiro atoms. The summed E-state index contributed by atoms with van der Waals surface area (Å²) in [5, 5.41) is 38.5. The Balaban J connectivity index is 1.89. The van der Waals surface area contributed by atoms with E-state index in [0.717, 1.165) is 16.4 Å². The van der Waals surface area contributed by atoms with Gasteiger partial charge in [0.1, 0.15) is 11.7 Å². The fourth-order valence-electron chi connectivity index (χ4n) is 3.26. The van der Waals surface area contributed by atoms with E-state index in [1.165, 1.54) is 30.3 Å². The van der Waals surface area contributed by atoms with Crippen LogP contribution in [0.4, 0.5) is 13.2 Å². The summed E-state index contributed by atoms with van der Waals surface area (Å²) in [4.78, 5) is -0.167. The highest BCUT2D eigenvalue weighted by atomic mass is 32.2. The van der Waals surface area contributed by atoms with Gasteiger partial charge in [0.15, 0.2) is 18.1 Å². The van der Waals surface area contributed by atoms with Crippen molar-refractivity contribution in [2.45, 2.75) is 22.8 Å². The highest BCUT2D eigenvalue weighted by molar-refractivity contribution is 7.89. The van der Waals surface area contributed by atoms with Gasteiger partial charge >= 0.3 is 6.18 Å². The van der Waals surface area contributed by atoms with Crippen molar-refractivity contribution in [2.24, 2.45) is 0 Å². The van der Waals surface area contributed by atoms with Gasteiger partial charge < -0.3 is 19.7 Å². The van der Waals surface area contributed by atoms with E-state index < -0.39 is 60.0 Å². The van der Waals surface area contributed by atoms with Crippen LogP contribution in [0.5, 0.6) is 11.5 Å². The number of hydrogen-bond acceptors (Lipinski definition) is 8. The molecule has 0 unspecified atom stereocenters. The molecule has 0 saturated carbocycles. The largest absolute Gasteiger partial charge is 0.482 e. The molecule has 1 aliphatic rings. The summed E-state index contributed by atoms with van der Waals surface area (Å²) in [6.45, 7) is -3.60. The van der Waals surface area contributed by atoms with E-state index in [0.29, 0.717) is 0 Å². The highest BCUT2D eigenvalue weighted by Crippen LogP contribution is 2.35. The second kappa shape index (κ2) is 9.48. The first kappa shape index (κ1) is 25.3. The van der Waals surface area contributed by atoms with Gasteiger partial charge in [0.05, 0.1) is 41.3 Å². The third-order valence-electron chi connectivity index (χ3n) is 5.05. The molecule has 1 saturated heterocycles. The van der Waals surface area contributed by atoms with Crippen LogP contribution < -0.4 is 9.47 Å². The average Bonchev–Trinajstić information content (AvgIpc) is 3.15. The predicted octanol–water partition coefficient (Wildman–Crippen LogP) is 1.55. The second-order valence-electron chi connectivity index (χ2n) is 7.48. The standard InChI is InChI=1S/C21H18F3N3O6S/c22-21(23,24)13-32-18-7-15(9-26)3-6-17(18)33-19-10-27(11-20(19,29)12-28)34(30,31)16-4-1-14(8-25)2-5-16/h1-7,19,28-29H,10-13H2/t19-,20+/m0/s1. The molecular weight excluding hydrogens is 479 g/mol. The van der Waals surface area contributed by atoms with Crippen molar-refractivity contribution in [2.75, 3.05) is 26.3 Å². The molecule has 180 valence electrons. The average molecular weight is 497 g/mol. The number of aliphatic hydroxyl groups excluding tert-OH is 1. The molecule has 9 nitrogen and oxygen atoms in total. The lowest BCUT2D eigenvalue weighted by Crippen LogP contribution is -2.48. The maximum Gasteiger partial charge on any atom is 0.422 e. The Morgan fingerprint density at radius 3 is 2.26 bits per heavy atom. The monoisotopic (exact) mass is 497 g/mol. The summed E-state index contributed by atoms with van der Waals surface area (Å²) in [5.41, 5.74) is -1.87. The molecule has 13 heteroatoms. The normalized spacial score (nSPS) is 21.0. The third-order valence-corrected chi connectivity index (χ3v) is 6.87. The molecule has 0 amide bonds. The van der Waals surface area contributed by atoms with Crippen LogP contribution in [0.3, 0.4) is 0 Å². The summed E-state index contributed by atoms with van der Waals surface area (Å²) in [7, 11) is -4.17. The number of halogens is 3. The van der Waals surface area contributed by atoms with Crippen LogP contribution in [0, 0.1) is 22.7 Å². The molecule has 0 aliphatic carbocycles. The Labute approximate surface area is 192 Å². The summed E-state index contributed by atoms with van der Waals surface area (Å²) in [5.74, 6) is -0.720. The zero-order chi connectivity index (χ0) is 25.1. The molecular formula is C21H18F3N3O6S. The van der Waals surface area contributed by atoms with Crippen LogP contribution >= 0.6 is 0 Å². The van der Waals surface area contributed by atoms with Crippen molar-refractivity contribution in [3.8, 4) is 23.6 Å². The lowest BCUT2D eigenvalue weighted by atomic mass is 10.0. The molecule has 1 aliphatic heterocycles. The smallest absolute Gasteiger partial charge is 0.422 e. The van der Waals surface area contributed by atoms with Gasteiger partial charge in [-0.15, -0.1) is 0 Å². The van der Waals surface area contributed by atoms with Gasteiger partial charge in [-0.2, -0.15) is 28.0 Å². The van der Waals surface area contributed by atoms with Crippen molar-refractivity contribution >= 4 is 10.0 Å². The van der Waals surface area contributed by atoms with E-state index in [1.54, 1.807) is 6.07 Å². The zero-order valence-corrected chi connectivity index (χ0v) is 18.2. The third kappa shape index (κ3) is 5.40. The molecule has 0 radical (unpaired) electrons. The van der Waals surface area contributed by atoms with E-state index >= 15 is 0 Å². The van der Waals surface area contributed by atoms with E-state index in [4.69, 9.17) is 20.0 Å². The van der Waals surface area contributed by atoms with Crippen LogP contribution in [0.25, 0.3) is 0 Å². The number of hydrogen-bond donors (Lipinski definition) is 2. The minimum Gasteiger partial charge on any atom is -0.482 e. The lowest BCUT2D eigenvalue weighted by molar-refractivity contribution is -0.153. The topological polar surface area (TPSA) is 144 Å². The summed E-state index contributed by atoms with van der Waals surface area (Å²) in [6.07, 6.45) is -6.06. The van der Waals surface area contributed by atoms with Crippen molar-refractivity contribution in [3.05, 3.63) is 53.6 Å². The van der Waals surface area contributed by atoms with Gasteiger partial charge in [-0.1, -0.05) is 0 Å². The summed E-state index contributed by atoms with van der Waals surface area (Å²) >= 11 is 0. The predicted molar refractivity (Wildman–Crippen MR) is 109 cm³/mol. The summed E-state index contributed by atoms with van der Waals surface area (Å²) in [6, 6.07) is 12.1. The van der Waals surface area contributed by atoms with E-state index in [9.17, 15) is 31.8 Å². The van der Waals surface area contributed by atoms with E-state index in [1.807, 2.05) is 6.07 Å². The van der Waals surface area contributed by atoms with Crippen LogP contribution in [-0.4, -0.2) is 67.1 Å². The first-order valence-electron chi connectivity index (χ1n) is 9.66. The van der Waals surface area contributed by atoms with Gasteiger partial charge in [0.25, 0.3) is 0 Å². The first-order valence-corrected chi connectivity index (χ1v) is 11.1. The number of aliphatic hydroxyl groups is 2. The Morgan fingerprint density at radius 1 is 1.09 bits per heavy atom. The molecule has 0 bridgehead atoms. The molecule has 0 aromatic heterocycles. The number of benzene rings is 2. The SMILES string of the molecule is N#Cc1ccc(S(=O)(=O)N2C[C@H](Oc3ccc(C#N)cc3OCC(F)(F)F)[C@](O)(CO)C2)cc1. The highest BCUT2D eigenvalue weighted by Gasteiger charge is 2.51. The number of nitriles is 2. The second-order valence-corrected chi connectivity index (χ2v) is 9.42. The molecule has 2 N–H and O–H groups in total. The van der Waals surface area contributed by atoms with Crippen molar-refractivity contribution in [1.29, 1.82) is 10.5 Å². The minimum atomic E-state index is -4.68. The van der Waals surface area contributed by atoms with Crippen molar-refractivity contribution < 1.29 is 41.3 Å². The summed E-state index contributed by atoms with van der Waals surface area (Å²) < 4.78 is 75.1. The Kier molecular flexibility index (Phi) is 7.05. The Hall–Kier alpha value is -3.36. The van der Waals surface area contributed by atoms with E-state index in [-0.39, 0.29) is 21.8 Å². The zero-order valence-electron chi connectivity index (χ0n) is 17.4. The fourth-order valence-corrected chi connectivity index (χ4v) is 4.76. The maximum absolute atomic E-state index is 13.0. The molecule has 2 aromatic rings. The lowest BCUT2D eigenvalue weighted by Gasteiger charge is -2.27. The number of alkyl halides is 3. The van der Waals surface area contributed by atoms with Gasteiger partial charge in [-0.25, -0.2) is 8.42 Å². The quantitative estimate of drug-likeness (QED) is 0.586. The van der Waals surface area contributed by atoms with Crippen LogP contribution in [-0.2, 0) is 10.0 Å². The van der Waals surface area contributed by atoms with Gasteiger partial charge in [0.2, 0.25) is 10.0 Å². The molecule has 34 heavy (non-hydrogen) atoms. The number of nitrogens with zero attached hydrogens (tertiary/aromatic N) is 3. The minimum absolute atomic E-state index is 0.0154. The van der Waals surface area contributed by atoms with Crippen molar-refractivity contribution in [3.63, 3.8) is 0 Å². The molecule has 2 atom stereocenters. The number of ether oxygens (including phenoxy) is 2. The first-order chi connectivity index (χ1) is 15.9. The number of β-amino-alcohol motifs (C(OH)–C–C–N with tert-alkyl or cyclic N) is 1.